The van der Waals surface area contributed by atoms with Crippen molar-refractivity contribution in [1.82, 2.24) is 0 Å². The zero-order chi connectivity index (χ0) is 14.4. The van der Waals surface area contributed by atoms with E-state index < -0.39 is 5.91 Å². The molecule has 20 heavy (non-hydrogen) atoms. The van der Waals surface area contributed by atoms with Crippen LogP contribution in [0, 0.1) is 0 Å². The lowest BCUT2D eigenvalue weighted by atomic mass is 10.2. The molecule has 2 N–H and O–H groups in total. The van der Waals surface area contributed by atoms with Crippen LogP contribution in [0.5, 0.6) is 5.75 Å². The second-order valence-electron chi connectivity index (χ2n) is 4.19. The van der Waals surface area contributed by atoms with E-state index in [2.05, 4.69) is 0 Å². The number of halogens is 1. The third-order valence-electron chi connectivity index (χ3n) is 2.64. The molecule has 0 aliphatic heterocycles. The first-order valence-corrected chi connectivity index (χ1v) is 6.47. The predicted molar refractivity (Wildman–Crippen MR) is 80.5 cm³/mol. The van der Waals surface area contributed by atoms with Gasteiger partial charge in [-0.2, -0.15) is 0 Å². The molecule has 0 unspecified atom stereocenters. The summed E-state index contributed by atoms with van der Waals surface area (Å²) in [4.78, 5) is 10.8. The van der Waals surface area contributed by atoms with E-state index in [1.165, 1.54) is 6.08 Å². The van der Waals surface area contributed by atoms with E-state index in [9.17, 15) is 4.79 Å². The number of rotatable bonds is 5. The molecule has 0 aromatic heterocycles. The van der Waals surface area contributed by atoms with Gasteiger partial charge in [-0.05, 0) is 29.8 Å². The average Bonchev–Trinajstić information content (AvgIpc) is 2.45. The van der Waals surface area contributed by atoms with Crippen LogP contribution in [0.1, 0.15) is 11.1 Å². The molecule has 0 heterocycles. The van der Waals surface area contributed by atoms with Crippen molar-refractivity contribution in [3.8, 4) is 5.75 Å². The van der Waals surface area contributed by atoms with Crippen LogP contribution in [0.3, 0.4) is 0 Å². The standard InChI is InChI=1S/C16H14ClNO2/c17-14-7-8-15(13(10-14)6-9-16(18)19)20-11-12-4-2-1-3-5-12/h1-10H,11H2,(H2,18,19). The van der Waals surface area contributed by atoms with Gasteiger partial charge in [-0.1, -0.05) is 41.9 Å². The van der Waals surface area contributed by atoms with Crippen LogP contribution in [-0.4, -0.2) is 5.91 Å². The highest BCUT2D eigenvalue weighted by atomic mass is 35.5. The second kappa shape index (κ2) is 6.78. The molecule has 1 amide bonds. The van der Waals surface area contributed by atoms with Crippen LogP contribution >= 0.6 is 11.6 Å². The highest BCUT2D eigenvalue weighted by Gasteiger charge is 2.03. The van der Waals surface area contributed by atoms with E-state index in [-0.39, 0.29) is 0 Å². The smallest absolute Gasteiger partial charge is 0.241 e. The van der Waals surface area contributed by atoms with Gasteiger partial charge in [0.1, 0.15) is 12.4 Å². The Morgan fingerprint density at radius 1 is 1.20 bits per heavy atom. The van der Waals surface area contributed by atoms with Crippen LogP contribution in [0.15, 0.2) is 54.6 Å². The van der Waals surface area contributed by atoms with E-state index in [4.69, 9.17) is 22.1 Å². The fourth-order valence-electron chi connectivity index (χ4n) is 1.69. The average molecular weight is 288 g/mol. The molecule has 102 valence electrons. The fourth-order valence-corrected chi connectivity index (χ4v) is 1.87. The van der Waals surface area contributed by atoms with Crippen LogP contribution in [0.2, 0.25) is 5.02 Å². The number of ether oxygens (including phenoxy) is 1. The lowest BCUT2D eigenvalue weighted by molar-refractivity contribution is -0.113. The Morgan fingerprint density at radius 3 is 2.65 bits per heavy atom. The van der Waals surface area contributed by atoms with Crippen molar-refractivity contribution in [1.29, 1.82) is 0 Å². The molecular weight excluding hydrogens is 274 g/mol. The van der Waals surface area contributed by atoms with Crippen molar-refractivity contribution >= 4 is 23.6 Å². The molecule has 4 heteroatoms. The van der Waals surface area contributed by atoms with Crippen molar-refractivity contribution < 1.29 is 9.53 Å². The lowest BCUT2D eigenvalue weighted by Gasteiger charge is -2.09. The molecule has 0 spiro atoms. The quantitative estimate of drug-likeness (QED) is 0.857. The summed E-state index contributed by atoms with van der Waals surface area (Å²) < 4.78 is 5.75. The monoisotopic (exact) mass is 287 g/mol. The molecule has 3 nitrogen and oxygen atoms in total. The number of nitrogens with two attached hydrogens (primary N) is 1. The summed E-state index contributed by atoms with van der Waals surface area (Å²) in [6, 6.07) is 15.1. The molecule has 0 aliphatic carbocycles. The molecule has 0 aliphatic rings. The zero-order valence-electron chi connectivity index (χ0n) is 10.8. The Morgan fingerprint density at radius 2 is 1.95 bits per heavy atom. The number of benzene rings is 2. The third kappa shape index (κ3) is 4.14. The summed E-state index contributed by atoms with van der Waals surface area (Å²) in [5.74, 6) is 0.134. The number of carbonyl (C=O) groups excluding carboxylic acids is 1. The molecule has 2 aromatic carbocycles. The van der Waals surface area contributed by atoms with E-state index in [0.717, 1.165) is 5.56 Å². The van der Waals surface area contributed by atoms with Gasteiger partial charge < -0.3 is 10.5 Å². The van der Waals surface area contributed by atoms with Gasteiger partial charge in [-0.15, -0.1) is 0 Å². The normalized spacial score (nSPS) is 10.7. The van der Waals surface area contributed by atoms with Crippen molar-refractivity contribution in [2.75, 3.05) is 0 Å². The number of hydrogen-bond acceptors (Lipinski definition) is 2. The SMILES string of the molecule is NC(=O)C=Cc1cc(Cl)ccc1OCc1ccccc1. The van der Waals surface area contributed by atoms with Gasteiger partial charge in [0.15, 0.2) is 0 Å². The summed E-state index contributed by atoms with van der Waals surface area (Å²) in [5.41, 5.74) is 6.87. The summed E-state index contributed by atoms with van der Waals surface area (Å²) in [7, 11) is 0. The summed E-state index contributed by atoms with van der Waals surface area (Å²) in [6.07, 6.45) is 2.87. The minimum atomic E-state index is -0.515. The van der Waals surface area contributed by atoms with Crippen molar-refractivity contribution in [2.24, 2.45) is 5.73 Å². The summed E-state index contributed by atoms with van der Waals surface area (Å²) >= 11 is 5.94. The van der Waals surface area contributed by atoms with Gasteiger partial charge in [0.2, 0.25) is 5.91 Å². The molecule has 2 aromatic rings. The zero-order valence-corrected chi connectivity index (χ0v) is 11.5. The third-order valence-corrected chi connectivity index (χ3v) is 2.87. The Balaban J connectivity index is 2.16. The molecular formula is C16H14ClNO2. The van der Waals surface area contributed by atoms with Crippen LogP contribution in [0.25, 0.3) is 6.08 Å². The van der Waals surface area contributed by atoms with E-state index >= 15 is 0 Å². The fraction of sp³-hybridized carbons (Fsp3) is 0.0625. The Bertz CT molecular complexity index is 624. The van der Waals surface area contributed by atoms with E-state index in [0.29, 0.717) is 22.9 Å². The Labute approximate surface area is 122 Å². The molecule has 2 rings (SSSR count). The van der Waals surface area contributed by atoms with Crippen LogP contribution in [0.4, 0.5) is 0 Å². The highest BCUT2D eigenvalue weighted by molar-refractivity contribution is 6.30. The second-order valence-corrected chi connectivity index (χ2v) is 4.63. The van der Waals surface area contributed by atoms with Gasteiger partial charge in [0.25, 0.3) is 0 Å². The predicted octanol–water partition coefficient (Wildman–Crippen LogP) is 3.42. The molecule has 0 atom stereocenters. The number of carbonyl (C=O) groups is 1. The molecule has 0 radical (unpaired) electrons. The van der Waals surface area contributed by atoms with Crippen molar-refractivity contribution in [2.45, 2.75) is 6.61 Å². The molecule has 0 bridgehead atoms. The first kappa shape index (κ1) is 14.2. The van der Waals surface area contributed by atoms with E-state index in [1.807, 2.05) is 30.3 Å². The van der Waals surface area contributed by atoms with Crippen molar-refractivity contribution in [3.63, 3.8) is 0 Å². The van der Waals surface area contributed by atoms with Gasteiger partial charge in [-0.25, -0.2) is 0 Å². The maximum absolute atomic E-state index is 10.8. The largest absolute Gasteiger partial charge is 0.488 e. The number of hydrogen-bond donors (Lipinski definition) is 1. The minimum Gasteiger partial charge on any atom is -0.488 e. The first-order valence-electron chi connectivity index (χ1n) is 6.09. The van der Waals surface area contributed by atoms with E-state index in [1.54, 1.807) is 24.3 Å². The number of amides is 1. The van der Waals surface area contributed by atoms with Gasteiger partial charge >= 0.3 is 0 Å². The summed E-state index contributed by atoms with van der Waals surface area (Å²) in [5, 5.41) is 0.571. The van der Waals surface area contributed by atoms with Crippen LogP contribution < -0.4 is 10.5 Å². The maximum atomic E-state index is 10.8. The Kier molecular flexibility index (Phi) is 4.80. The molecule has 0 saturated heterocycles. The topological polar surface area (TPSA) is 52.3 Å². The molecule has 0 saturated carbocycles. The summed E-state index contributed by atoms with van der Waals surface area (Å²) in [6.45, 7) is 0.444. The molecule has 0 fully saturated rings. The van der Waals surface area contributed by atoms with Gasteiger partial charge in [0, 0.05) is 16.7 Å². The van der Waals surface area contributed by atoms with Crippen molar-refractivity contribution in [3.05, 3.63) is 70.8 Å². The van der Waals surface area contributed by atoms with Crippen LogP contribution in [-0.2, 0) is 11.4 Å². The maximum Gasteiger partial charge on any atom is 0.241 e. The Hall–Kier alpha value is -2.26. The lowest BCUT2D eigenvalue weighted by Crippen LogP contribution is -2.05. The van der Waals surface area contributed by atoms with Gasteiger partial charge in [0.05, 0.1) is 0 Å². The highest BCUT2D eigenvalue weighted by Crippen LogP contribution is 2.25. The number of primary amides is 1. The van der Waals surface area contributed by atoms with Gasteiger partial charge in [-0.3, -0.25) is 4.79 Å². The first-order chi connectivity index (χ1) is 9.65. The minimum absolute atomic E-state index is 0.444.